The highest BCUT2D eigenvalue weighted by atomic mass is 31.1. The molecule has 3 rings (SSSR count). The Hall–Kier alpha value is -2.05. The maximum absolute atomic E-state index is 12.8. The summed E-state index contributed by atoms with van der Waals surface area (Å²) in [6, 6.07) is 21.5. The van der Waals surface area contributed by atoms with E-state index in [4.69, 9.17) is 4.74 Å². The predicted octanol–water partition coefficient (Wildman–Crippen LogP) is 3.36. The first-order chi connectivity index (χ1) is 9.79. The molecule has 1 atom stereocenters. The molecule has 0 saturated heterocycles. The summed E-state index contributed by atoms with van der Waals surface area (Å²) < 4.78 is 18.1. The maximum atomic E-state index is 12.8. The fraction of sp³-hybridized carbons (Fsp3) is 0.0588. The van der Waals surface area contributed by atoms with E-state index in [-0.39, 0.29) is 0 Å². The van der Waals surface area contributed by atoms with Crippen LogP contribution in [0.15, 0.2) is 66.7 Å². The summed E-state index contributed by atoms with van der Waals surface area (Å²) in [5.41, 5.74) is 0. The molecule has 0 aliphatic carbocycles. The SMILES string of the molecule is COc1ccccc1[PH](=O)c1ccc2ccccc2c1. The van der Waals surface area contributed by atoms with Gasteiger partial charge in [-0.3, -0.25) is 0 Å². The van der Waals surface area contributed by atoms with Gasteiger partial charge in [0.1, 0.15) is 13.6 Å². The van der Waals surface area contributed by atoms with Crippen LogP contribution in [-0.2, 0) is 4.57 Å². The van der Waals surface area contributed by atoms with Gasteiger partial charge in [0.05, 0.1) is 12.4 Å². The summed E-state index contributed by atoms with van der Waals surface area (Å²) in [7, 11) is -0.446. The van der Waals surface area contributed by atoms with Crippen molar-refractivity contribution in [1.82, 2.24) is 0 Å². The number of fused-ring (bicyclic) bond motifs is 1. The maximum Gasteiger partial charge on any atom is 0.135 e. The number of ether oxygens (including phenoxy) is 1. The molecule has 3 aromatic carbocycles. The standard InChI is InChI=1S/C17H15O2P/c1-19-16-8-4-5-9-17(16)20(18)15-11-10-13-6-2-3-7-14(13)12-15/h2-12,20H,1H3. The van der Waals surface area contributed by atoms with E-state index in [1.807, 2.05) is 60.7 Å². The summed E-state index contributed by atoms with van der Waals surface area (Å²) in [6.07, 6.45) is 0. The highest BCUT2D eigenvalue weighted by Gasteiger charge is 2.12. The first-order valence-electron chi connectivity index (χ1n) is 6.46. The van der Waals surface area contributed by atoms with Crippen LogP contribution in [0.5, 0.6) is 5.75 Å². The lowest BCUT2D eigenvalue weighted by atomic mass is 10.1. The van der Waals surface area contributed by atoms with Crippen LogP contribution in [0.3, 0.4) is 0 Å². The molecule has 3 heteroatoms. The second kappa shape index (κ2) is 5.52. The Balaban J connectivity index is 2.08. The van der Waals surface area contributed by atoms with E-state index in [1.165, 1.54) is 0 Å². The first-order valence-corrected chi connectivity index (χ1v) is 7.87. The summed E-state index contributed by atoms with van der Waals surface area (Å²) in [5.74, 6) is 0.685. The number of hydrogen-bond acceptors (Lipinski definition) is 2. The highest BCUT2D eigenvalue weighted by molar-refractivity contribution is 7.61. The third-order valence-corrected chi connectivity index (χ3v) is 5.10. The molecular weight excluding hydrogens is 267 g/mol. The highest BCUT2D eigenvalue weighted by Crippen LogP contribution is 2.27. The van der Waals surface area contributed by atoms with Crippen molar-refractivity contribution in [2.75, 3.05) is 7.11 Å². The second-order valence-corrected chi connectivity index (χ2v) is 6.37. The summed E-state index contributed by atoms with van der Waals surface area (Å²) >= 11 is 0. The van der Waals surface area contributed by atoms with Crippen molar-refractivity contribution in [2.45, 2.75) is 0 Å². The molecule has 1 unspecified atom stereocenters. The zero-order chi connectivity index (χ0) is 13.9. The third kappa shape index (κ3) is 2.35. The Kier molecular flexibility index (Phi) is 3.58. The molecule has 0 spiro atoms. The van der Waals surface area contributed by atoms with Gasteiger partial charge >= 0.3 is 0 Å². The van der Waals surface area contributed by atoms with Crippen molar-refractivity contribution in [3.8, 4) is 5.75 Å². The van der Waals surface area contributed by atoms with Crippen molar-refractivity contribution in [1.29, 1.82) is 0 Å². The van der Waals surface area contributed by atoms with E-state index in [1.54, 1.807) is 7.11 Å². The van der Waals surface area contributed by atoms with Gasteiger partial charge in [0.15, 0.2) is 0 Å². The van der Waals surface area contributed by atoms with Crippen molar-refractivity contribution < 1.29 is 9.30 Å². The lowest BCUT2D eigenvalue weighted by molar-refractivity contribution is 0.418. The Labute approximate surface area is 118 Å². The van der Waals surface area contributed by atoms with Gasteiger partial charge in [-0.05, 0) is 29.0 Å². The Bertz CT molecular complexity index is 781. The van der Waals surface area contributed by atoms with E-state index in [2.05, 4.69) is 6.07 Å². The van der Waals surface area contributed by atoms with Gasteiger partial charge in [0, 0.05) is 5.30 Å². The van der Waals surface area contributed by atoms with Gasteiger partial charge < -0.3 is 9.30 Å². The minimum atomic E-state index is -2.05. The van der Waals surface area contributed by atoms with Gasteiger partial charge in [-0.2, -0.15) is 0 Å². The van der Waals surface area contributed by atoms with Crippen LogP contribution < -0.4 is 15.3 Å². The Morgan fingerprint density at radius 3 is 2.35 bits per heavy atom. The topological polar surface area (TPSA) is 26.3 Å². The van der Waals surface area contributed by atoms with Crippen LogP contribution in [0.2, 0.25) is 0 Å². The number of para-hydroxylation sites is 1. The van der Waals surface area contributed by atoms with Crippen LogP contribution in [0.25, 0.3) is 10.8 Å². The average molecular weight is 282 g/mol. The zero-order valence-corrected chi connectivity index (χ0v) is 12.2. The predicted molar refractivity (Wildman–Crippen MR) is 85.2 cm³/mol. The van der Waals surface area contributed by atoms with Crippen LogP contribution in [0.4, 0.5) is 0 Å². The summed E-state index contributed by atoms with van der Waals surface area (Å²) in [6.45, 7) is 0. The lowest BCUT2D eigenvalue weighted by Gasteiger charge is -2.09. The van der Waals surface area contributed by atoms with Crippen LogP contribution >= 0.6 is 7.80 Å². The molecular formula is C17H15O2P. The fourth-order valence-electron chi connectivity index (χ4n) is 2.32. The number of rotatable bonds is 3. The molecule has 0 aliphatic heterocycles. The normalized spacial score (nSPS) is 12.2. The molecule has 0 fully saturated rings. The molecule has 20 heavy (non-hydrogen) atoms. The molecule has 0 aromatic heterocycles. The van der Waals surface area contributed by atoms with Crippen LogP contribution in [0.1, 0.15) is 0 Å². The van der Waals surface area contributed by atoms with E-state index in [9.17, 15) is 4.57 Å². The number of benzene rings is 3. The third-order valence-electron chi connectivity index (χ3n) is 3.36. The molecule has 2 nitrogen and oxygen atoms in total. The molecule has 0 amide bonds. The Morgan fingerprint density at radius 1 is 0.850 bits per heavy atom. The van der Waals surface area contributed by atoms with E-state index < -0.39 is 7.80 Å². The van der Waals surface area contributed by atoms with Crippen LogP contribution in [0, 0.1) is 0 Å². The molecule has 0 aliphatic rings. The fourth-order valence-corrected chi connectivity index (χ4v) is 3.81. The van der Waals surface area contributed by atoms with Gasteiger partial charge in [-0.15, -0.1) is 0 Å². The molecule has 0 heterocycles. The quantitative estimate of drug-likeness (QED) is 0.689. The molecule has 3 aromatic rings. The van der Waals surface area contributed by atoms with Crippen molar-refractivity contribution >= 4 is 29.2 Å². The van der Waals surface area contributed by atoms with Gasteiger partial charge in [0.2, 0.25) is 0 Å². The van der Waals surface area contributed by atoms with E-state index in [0.717, 1.165) is 21.4 Å². The zero-order valence-electron chi connectivity index (χ0n) is 11.2. The minimum absolute atomic E-state index is 0.685. The largest absolute Gasteiger partial charge is 0.496 e. The van der Waals surface area contributed by atoms with Gasteiger partial charge in [-0.25, -0.2) is 0 Å². The minimum Gasteiger partial charge on any atom is -0.496 e. The molecule has 0 bridgehead atoms. The van der Waals surface area contributed by atoms with Crippen molar-refractivity contribution in [2.24, 2.45) is 0 Å². The average Bonchev–Trinajstić information content (AvgIpc) is 2.53. The van der Waals surface area contributed by atoms with Gasteiger partial charge in [-0.1, -0.05) is 48.5 Å². The van der Waals surface area contributed by atoms with Crippen molar-refractivity contribution in [3.05, 3.63) is 66.7 Å². The molecule has 0 saturated carbocycles. The number of hydrogen-bond donors (Lipinski definition) is 0. The second-order valence-electron chi connectivity index (χ2n) is 4.59. The molecule has 100 valence electrons. The first kappa shape index (κ1) is 13.0. The molecule has 0 N–H and O–H groups in total. The Morgan fingerprint density at radius 2 is 1.55 bits per heavy atom. The van der Waals surface area contributed by atoms with E-state index in [0.29, 0.717) is 5.75 Å². The monoisotopic (exact) mass is 282 g/mol. The summed E-state index contributed by atoms with van der Waals surface area (Å²) in [5, 5.41) is 3.90. The molecule has 0 radical (unpaired) electrons. The van der Waals surface area contributed by atoms with Crippen LogP contribution in [-0.4, -0.2) is 7.11 Å². The number of methoxy groups -OCH3 is 1. The van der Waals surface area contributed by atoms with Crippen molar-refractivity contribution in [3.63, 3.8) is 0 Å². The smallest absolute Gasteiger partial charge is 0.135 e. The lowest BCUT2D eigenvalue weighted by Crippen LogP contribution is -2.09. The van der Waals surface area contributed by atoms with E-state index >= 15 is 0 Å². The van der Waals surface area contributed by atoms with Gasteiger partial charge in [0.25, 0.3) is 0 Å². The summed E-state index contributed by atoms with van der Waals surface area (Å²) in [4.78, 5) is 0.